The number of hydrogen-bond donors (Lipinski definition) is 1. The van der Waals surface area contributed by atoms with Crippen LogP contribution in [0.5, 0.6) is 0 Å². The lowest BCUT2D eigenvalue weighted by atomic mass is 9.91. The van der Waals surface area contributed by atoms with Crippen LogP contribution < -0.4 is 5.32 Å². The molecule has 3 unspecified atom stereocenters. The Morgan fingerprint density at radius 1 is 1.00 bits per heavy atom. The Hall–Kier alpha value is -3.90. The van der Waals surface area contributed by atoms with E-state index in [1.54, 1.807) is 0 Å². The van der Waals surface area contributed by atoms with Crippen LogP contribution in [0.3, 0.4) is 0 Å². The molecule has 1 fully saturated rings. The highest BCUT2D eigenvalue weighted by Gasteiger charge is 2.46. The third-order valence-corrected chi connectivity index (χ3v) is 8.33. The van der Waals surface area contributed by atoms with Crippen molar-refractivity contribution in [1.82, 2.24) is 14.8 Å². The summed E-state index contributed by atoms with van der Waals surface area (Å²) in [6.07, 6.45) is 2.57. The van der Waals surface area contributed by atoms with Crippen LogP contribution in [0.4, 0.5) is 0 Å². The average Bonchev–Trinajstić information content (AvgIpc) is 3.67. The smallest absolute Gasteiger partial charge is 0.255 e. The van der Waals surface area contributed by atoms with Crippen LogP contribution in [0.25, 0.3) is 22.2 Å². The molecule has 0 spiro atoms. The summed E-state index contributed by atoms with van der Waals surface area (Å²) in [5.74, 6) is 0.0130. The van der Waals surface area contributed by atoms with Gasteiger partial charge in [0.1, 0.15) is 6.04 Å². The molecule has 2 amide bonds. The Bertz CT molecular complexity index is 1530. The standard InChI is InChI=1S/C34H37N3O3/c1-22(2)20-29(33(38)35-21-24-14-11-19-40-24)37-32(25-15-7-8-16-26(25)34(37)39)30-27-17-9-10-18-28(27)36(3)31(30)23-12-5-4-6-13-23/h4-10,12-13,15-18,22,24,29,32H,11,14,19-21H2,1-3H3,(H,35,38). The zero-order chi connectivity index (χ0) is 27.8. The van der Waals surface area contributed by atoms with Gasteiger partial charge in [0.05, 0.1) is 17.8 Å². The molecule has 0 aliphatic carbocycles. The van der Waals surface area contributed by atoms with E-state index in [0.717, 1.165) is 52.7 Å². The maximum Gasteiger partial charge on any atom is 0.255 e. The summed E-state index contributed by atoms with van der Waals surface area (Å²) in [7, 11) is 2.08. The van der Waals surface area contributed by atoms with E-state index in [9.17, 15) is 9.59 Å². The number of aryl methyl sites for hydroxylation is 1. The molecule has 1 saturated heterocycles. The summed E-state index contributed by atoms with van der Waals surface area (Å²) in [6.45, 7) is 5.42. The maximum atomic E-state index is 14.3. The summed E-state index contributed by atoms with van der Waals surface area (Å²) in [4.78, 5) is 30.1. The third kappa shape index (κ3) is 4.60. The topological polar surface area (TPSA) is 63.6 Å². The third-order valence-electron chi connectivity index (χ3n) is 8.33. The second-order valence-electron chi connectivity index (χ2n) is 11.4. The molecule has 0 saturated carbocycles. The summed E-state index contributed by atoms with van der Waals surface area (Å²) in [6, 6.07) is 25.5. The van der Waals surface area contributed by atoms with Crippen LogP contribution in [0, 0.1) is 5.92 Å². The molecule has 2 aliphatic rings. The van der Waals surface area contributed by atoms with Gasteiger partial charge in [-0.15, -0.1) is 0 Å². The van der Waals surface area contributed by atoms with Crippen LogP contribution in [0.1, 0.15) is 60.6 Å². The zero-order valence-electron chi connectivity index (χ0n) is 23.5. The fourth-order valence-electron chi connectivity index (χ4n) is 6.53. The number of hydrogen-bond acceptors (Lipinski definition) is 3. The minimum absolute atomic E-state index is 0.0358. The normalized spacial score (nSPS) is 19.4. The lowest BCUT2D eigenvalue weighted by molar-refractivity contribution is -0.127. The van der Waals surface area contributed by atoms with Crippen molar-refractivity contribution < 1.29 is 14.3 Å². The van der Waals surface area contributed by atoms with E-state index in [-0.39, 0.29) is 23.8 Å². The molecule has 1 aromatic heterocycles. The molecule has 3 aromatic carbocycles. The van der Waals surface area contributed by atoms with Gasteiger partial charge in [-0.05, 0) is 48.4 Å². The molecule has 6 rings (SSSR count). The first-order chi connectivity index (χ1) is 19.5. The van der Waals surface area contributed by atoms with E-state index >= 15 is 0 Å². The van der Waals surface area contributed by atoms with Gasteiger partial charge >= 0.3 is 0 Å². The van der Waals surface area contributed by atoms with Crippen molar-refractivity contribution in [2.24, 2.45) is 13.0 Å². The lowest BCUT2D eigenvalue weighted by Gasteiger charge is -2.34. The number of fused-ring (bicyclic) bond motifs is 2. The Kier molecular flexibility index (Phi) is 7.20. The number of ether oxygens (including phenoxy) is 1. The van der Waals surface area contributed by atoms with E-state index < -0.39 is 12.1 Å². The largest absolute Gasteiger partial charge is 0.376 e. The fraction of sp³-hybridized carbons (Fsp3) is 0.353. The van der Waals surface area contributed by atoms with Crippen molar-refractivity contribution in [3.8, 4) is 11.3 Å². The molecule has 1 N–H and O–H groups in total. The van der Waals surface area contributed by atoms with Gasteiger partial charge in [-0.3, -0.25) is 9.59 Å². The number of aromatic nitrogens is 1. The Labute approximate surface area is 235 Å². The lowest BCUT2D eigenvalue weighted by Crippen LogP contribution is -2.50. The van der Waals surface area contributed by atoms with Crippen LogP contribution in [0.2, 0.25) is 0 Å². The second kappa shape index (κ2) is 10.9. The van der Waals surface area contributed by atoms with Crippen LogP contribution >= 0.6 is 0 Å². The molecule has 0 bridgehead atoms. The summed E-state index contributed by atoms with van der Waals surface area (Å²) >= 11 is 0. The predicted molar refractivity (Wildman–Crippen MR) is 158 cm³/mol. The van der Waals surface area contributed by atoms with Crippen molar-refractivity contribution in [2.75, 3.05) is 13.2 Å². The predicted octanol–water partition coefficient (Wildman–Crippen LogP) is 6.10. The van der Waals surface area contributed by atoms with Crippen molar-refractivity contribution in [3.05, 3.63) is 95.6 Å². The average molecular weight is 536 g/mol. The van der Waals surface area contributed by atoms with E-state index in [0.29, 0.717) is 18.5 Å². The molecular formula is C34H37N3O3. The second-order valence-corrected chi connectivity index (χ2v) is 11.4. The van der Waals surface area contributed by atoms with Crippen molar-refractivity contribution in [2.45, 2.75) is 51.3 Å². The van der Waals surface area contributed by atoms with Gasteiger partial charge in [-0.1, -0.05) is 80.6 Å². The van der Waals surface area contributed by atoms with Gasteiger partial charge in [0.15, 0.2) is 0 Å². The van der Waals surface area contributed by atoms with Crippen molar-refractivity contribution in [3.63, 3.8) is 0 Å². The summed E-state index contributed by atoms with van der Waals surface area (Å²) in [5.41, 5.74) is 5.90. The highest BCUT2D eigenvalue weighted by atomic mass is 16.5. The summed E-state index contributed by atoms with van der Waals surface area (Å²) in [5, 5.41) is 4.24. The minimum Gasteiger partial charge on any atom is -0.376 e. The SMILES string of the molecule is CC(C)CC(C(=O)NCC1CCCO1)N1C(=O)c2ccccc2C1c1c(-c2ccccc2)n(C)c2ccccc12. The van der Waals surface area contributed by atoms with E-state index in [1.165, 1.54) is 0 Å². The minimum atomic E-state index is -0.617. The first kappa shape index (κ1) is 26.3. The number of rotatable bonds is 8. The van der Waals surface area contributed by atoms with Gasteiger partial charge in [0, 0.05) is 42.2 Å². The van der Waals surface area contributed by atoms with E-state index in [2.05, 4.69) is 55.0 Å². The quantitative estimate of drug-likeness (QED) is 0.297. The molecule has 2 aliphatic heterocycles. The molecule has 6 heteroatoms. The van der Waals surface area contributed by atoms with Gasteiger partial charge in [-0.2, -0.15) is 0 Å². The molecule has 4 aromatic rings. The first-order valence-corrected chi connectivity index (χ1v) is 14.4. The van der Waals surface area contributed by atoms with Crippen molar-refractivity contribution in [1.29, 1.82) is 0 Å². The molecule has 3 atom stereocenters. The van der Waals surface area contributed by atoms with Crippen LogP contribution in [-0.2, 0) is 16.6 Å². The molecular weight excluding hydrogens is 498 g/mol. The monoisotopic (exact) mass is 535 g/mol. The first-order valence-electron chi connectivity index (χ1n) is 14.4. The van der Waals surface area contributed by atoms with E-state index in [1.807, 2.05) is 59.5 Å². The highest BCUT2D eigenvalue weighted by molar-refractivity contribution is 6.04. The number of carbonyl (C=O) groups is 2. The molecule has 6 nitrogen and oxygen atoms in total. The molecule has 0 radical (unpaired) electrons. The van der Waals surface area contributed by atoms with Gasteiger partial charge in [-0.25, -0.2) is 0 Å². The van der Waals surface area contributed by atoms with Crippen LogP contribution in [-0.4, -0.2) is 46.6 Å². The Balaban J connectivity index is 1.53. The number of nitrogens with zero attached hydrogens (tertiary/aromatic N) is 2. The highest BCUT2D eigenvalue weighted by Crippen LogP contribution is 2.47. The Morgan fingerprint density at radius 3 is 2.48 bits per heavy atom. The zero-order valence-corrected chi connectivity index (χ0v) is 23.5. The number of benzene rings is 3. The maximum absolute atomic E-state index is 14.3. The van der Waals surface area contributed by atoms with Gasteiger partial charge < -0.3 is 19.5 Å². The molecule has 3 heterocycles. The van der Waals surface area contributed by atoms with Crippen LogP contribution in [0.15, 0.2) is 78.9 Å². The van der Waals surface area contributed by atoms with Gasteiger partial charge in [0.2, 0.25) is 5.91 Å². The van der Waals surface area contributed by atoms with Gasteiger partial charge in [0.25, 0.3) is 5.91 Å². The van der Waals surface area contributed by atoms with E-state index in [4.69, 9.17) is 4.74 Å². The molecule has 206 valence electrons. The number of nitrogens with one attached hydrogen (secondary N) is 1. The summed E-state index contributed by atoms with van der Waals surface area (Å²) < 4.78 is 7.99. The molecule has 40 heavy (non-hydrogen) atoms. The fourth-order valence-corrected chi connectivity index (χ4v) is 6.53. The number of carbonyl (C=O) groups excluding carboxylic acids is 2. The number of para-hydroxylation sites is 1. The number of amides is 2. The van der Waals surface area contributed by atoms with Crippen molar-refractivity contribution >= 4 is 22.7 Å². The Morgan fingerprint density at radius 2 is 1.73 bits per heavy atom.